The summed E-state index contributed by atoms with van der Waals surface area (Å²) >= 11 is 0. The van der Waals surface area contributed by atoms with Crippen LogP contribution in [0.5, 0.6) is 5.75 Å². The van der Waals surface area contributed by atoms with Crippen molar-refractivity contribution in [3.8, 4) is 5.75 Å². The summed E-state index contributed by atoms with van der Waals surface area (Å²) in [4.78, 5) is 12.5. The van der Waals surface area contributed by atoms with Crippen LogP contribution in [-0.4, -0.2) is 35.6 Å². The minimum atomic E-state index is -0.828. The predicted molar refractivity (Wildman–Crippen MR) is 90.6 cm³/mol. The maximum Gasteiger partial charge on any atom is 0.317 e. The Hall–Kier alpha value is -2.40. The van der Waals surface area contributed by atoms with Crippen molar-refractivity contribution in [3.05, 3.63) is 65.5 Å². The number of halogens is 1. The van der Waals surface area contributed by atoms with Crippen molar-refractivity contribution in [1.29, 1.82) is 0 Å². The molecule has 0 bridgehead atoms. The van der Waals surface area contributed by atoms with Crippen LogP contribution < -0.4 is 4.74 Å². The van der Waals surface area contributed by atoms with E-state index in [-0.39, 0.29) is 18.4 Å². The molecule has 0 saturated carbocycles. The second kappa shape index (κ2) is 8.45. The lowest BCUT2D eigenvalue weighted by atomic mass is 10.1. The van der Waals surface area contributed by atoms with Gasteiger partial charge in [0.2, 0.25) is 0 Å². The molecule has 128 valence electrons. The van der Waals surface area contributed by atoms with Crippen LogP contribution in [-0.2, 0) is 17.8 Å². The Morgan fingerprint density at radius 3 is 2.54 bits per heavy atom. The lowest BCUT2D eigenvalue weighted by Gasteiger charge is -2.22. The van der Waals surface area contributed by atoms with Crippen LogP contribution in [0.2, 0.25) is 0 Å². The van der Waals surface area contributed by atoms with Gasteiger partial charge in [0.1, 0.15) is 18.2 Å². The molecule has 0 heterocycles. The van der Waals surface area contributed by atoms with Crippen LogP contribution in [0, 0.1) is 5.82 Å². The fourth-order valence-corrected chi connectivity index (χ4v) is 2.38. The van der Waals surface area contributed by atoms with Crippen LogP contribution in [0.3, 0.4) is 0 Å². The first kappa shape index (κ1) is 17.9. The van der Waals surface area contributed by atoms with Gasteiger partial charge in [-0.25, -0.2) is 4.39 Å². The highest BCUT2D eigenvalue weighted by molar-refractivity contribution is 5.69. The second-order valence-electron chi connectivity index (χ2n) is 5.92. The summed E-state index contributed by atoms with van der Waals surface area (Å²) in [6.07, 6.45) is 0.758. The second-order valence-corrected chi connectivity index (χ2v) is 5.92. The Morgan fingerprint density at radius 1 is 1.21 bits per heavy atom. The van der Waals surface area contributed by atoms with Gasteiger partial charge in [-0.1, -0.05) is 24.3 Å². The molecular formula is C19H22FNO3. The van der Waals surface area contributed by atoms with Crippen molar-refractivity contribution in [2.24, 2.45) is 0 Å². The quantitative estimate of drug-likeness (QED) is 0.806. The van der Waals surface area contributed by atoms with Crippen LogP contribution in [0.25, 0.3) is 0 Å². The summed E-state index contributed by atoms with van der Waals surface area (Å²) in [5, 5.41) is 8.82. The number of carboxylic acids is 1. The highest BCUT2D eigenvalue weighted by Crippen LogP contribution is 2.16. The van der Waals surface area contributed by atoms with Crippen molar-refractivity contribution in [1.82, 2.24) is 4.90 Å². The highest BCUT2D eigenvalue weighted by atomic mass is 19.1. The molecule has 1 atom stereocenters. The van der Waals surface area contributed by atoms with E-state index in [1.807, 2.05) is 37.3 Å². The molecule has 24 heavy (non-hydrogen) atoms. The SMILES string of the molecule is C[C@H](Cc1ccc(OCc2cccc(F)c2)cc1)N(C)CC(=O)O. The maximum absolute atomic E-state index is 13.1. The molecule has 0 aliphatic rings. The third-order valence-corrected chi connectivity index (χ3v) is 3.89. The molecule has 4 nitrogen and oxygen atoms in total. The zero-order chi connectivity index (χ0) is 17.5. The van der Waals surface area contributed by atoms with Crippen LogP contribution in [0.4, 0.5) is 4.39 Å². The minimum Gasteiger partial charge on any atom is -0.489 e. The molecule has 5 heteroatoms. The Morgan fingerprint density at radius 2 is 1.92 bits per heavy atom. The lowest BCUT2D eigenvalue weighted by Crippen LogP contribution is -2.35. The molecule has 0 saturated heterocycles. The van der Waals surface area contributed by atoms with Crippen LogP contribution in [0.1, 0.15) is 18.1 Å². The molecule has 0 fully saturated rings. The van der Waals surface area contributed by atoms with Gasteiger partial charge in [0.25, 0.3) is 0 Å². The smallest absolute Gasteiger partial charge is 0.317 e. The number of hydrogen-bond donors (Lipinski definition) is 1. The molecule has 2 rings (SSSR count). The van der Waals surface area contributed by atoms with Crippen LogP contribution >= 0.6 is 0 Å². The number of carbonyl (C=O) groups is 1. The molecule has 0 aliphatic heterocycles. The average molecular weight is 331 g/mol. The van der Waals surface area contributed by atoms with Crippen LogP contribution in [0.15, 0.2) is 48.5 Å². The zero-order valence-corrected chi connectivity index (χ0v) is 13.9. The van der Waals surface area contributed by atoms with Gasteiger partial charge >= 0.3 is 5.97 Å². The molecule has 0 radical (unpaired) electrons. The van der Waals surface area contributed by atoms with E-state index in [1.165, 1.54) is 12.1 Å². The van der Waals surface area contributed by atoms with E-state index in [0.29, 0.717) is 6.61 Å². The Bertz CT molecular complexity index is 673. The zero-order valence-electron chi connectivity index (χ0n) is 13.9. The Kier molecular flexibility index (Phi) is 6.32. The van der Waals surface area contributed by atoms with E-state index in [9.17, 15) is 9.18 Å². The molecule has 1 N–H and O–H groups in total. The molecule has 0 aliphatic carbocycles. The molecule has 0 spiro atoms. The fraction of sp³-hybridized carbons (Fsp3) is 0.316. The average Bonchev–Trinajstić information content (AvgIpc) is 2.53. The molecule has 0 amide bonds. The van der Waals surface area contributed by atoms with Crippen molar-refractivity contribution < 1.29 is 19.0 Å². The predicted octanol–water partition coefficient (Wildman–Crippen LogP) is 3.35. The fourth-order valence-electron chi connectivity index (χ4n) is 2.38. The number of benzene rings is 2. The summed E-state index contributed by atoms with van der Waals surface area (Å²) < 4.78 is 18.8. The van der Waals surface area contributed by atoms with Gasteiger partial charge in [-0.2, -0.15) is 0 Å². The first-order chi connectivity index (χ1) is 11.4. The van der Waals surface area contributed by atoms with E-state index in [4.69, 9.17) is 9.84 Å². The molecular weight excluding hydrogens is 309 g/mol. The van der Waals surface area contributed by atoms with Crippen molar-refractivity contribution in [3.63, 3.8) is 0 Å². The van der Waals surface area contributed by atoms with Crippen molar-refractivity contribution in [2.45, 2.75) is 26.0 Å². The van der Waals surface area contributed by atoms with Crippen molar-refractivity contribution >= 4 is 5.97 Å². The van der Waals surface area contributed by atoms with E-state index in [1.54, 1.807) is 18.0 Å². The minimum absolute atomic E-state index is 0.0238. The third kappa shape index (κ3) is 5.66. The summed E-state index contributed by atoms with van der Waals surface area (Å²) in [5.41, 5.74) is 1.89. The highest BCUT2D eigenvalue weighted by Gasteiger charge is 2.12. The molecule has 0 unspecified atom stereocenters. The third-order valence-electron chi connectivity index (χ3n) is 3.89. The number of aliphatic carboxylic acids is 1. The number of nitrogens with zero attached hydrogens (tertiary/aromatic N) is 1. The molecule has 2 aromatic rings. The molecule has 0 aromatic heterocycles. The summed E-state index contributed by atoms with van der Waals surface area (Å²) in [7, 11) is 1.80. The summed E-state index contributed by atoms with van der Waals surface area (Å²) in [5.74, 6) is -0.383. The first-order valence-electron chi connectivity index (χ1n) is 7.82. The lowest BCUT2D eigenvalue weighted by molar-refractivity contribution is -0.138. The first-order valence-corrected chi connectivity index (χ1v) is 7.82. The van der Waals surface area contributed by atoms with Crippen molar-refractivity contribution in [2.75, 3.05) is 13.6 Å². The number of hydrogen-bond acceptors (Lipinski definition) is 3. The molecule has 2 aromatic carbocycles. The van der Waals surface area contributed by atoms with E-state index >= 15 is 0 Å². The number of rotatable bonds is 8. The number of carboxylic acid groups (broad SMARTS) is 1. The van der Waals surface area contributed by atoms with Gasteiger partial charge in [0.15, 0.2) is 0 Å². The summed E-state index contributed by atoms with van der Waals surface area (Å²) in [6.45, 7) is 2.34. The van der Waals surface area contributed by atoms with E-state index in [2.05, 4.69) is 0 Å². The largest absolute Gasteiger partial charge is 0.489 e. The van der Waals surface area contributed by atoms with Gasteiger partial charge in [0.05, 0.1) is 6.54 Å². The number of likely N-dealkylation sites (N-methyl/N-ethyl adjacent to an activating group) is 1. The number of ether oxygens (including phenoxy) is 1. The van der Waals surface area contributed by atoms with Gasteiger partial charge in [-0.05, 0) is 55.8 Å². The summed E-state index contributed by atoms with van der Waals surface area (Å²) in [6, 6.07) is 14.1. The topological polar surface area (TPSA) is 49.8 Å². The monoisotopic (exact) mass is 331 g/mol. The van der Waals surface area contributed by atoms with Gasteiger partial charge in [0, 0.05) is 6.04 Å². The van der Waals surface area contributed by atoms with Gasteiger partial charge in [-0.15, -0.1) is 0 Å². The van der Waals surface area contributed by atoms with Gasteiger partial charge < -0.3 is 9.84 Å². The van der Waals surface area contributed by atoms with E-state index in [0.717, 1.165) is 23.3 Å². The normalized spacial score (nSPS) is 12.2. The maximum atomic E-state index is 13.1. The Balaban J connectivity index is 1.87. The van der Waals surface area contributed by atoms with E-state index < -0.39 is 5.97 Å². The Labute approximate surface area is 141 Å². The van der Waals surface area contributed by atoms with Gasteiger partial charge in [-0.3, -0.25) is 9.69 Å². The standard InChI is InChI=1S/C19H22FNO3/c1-14(21(2)12-19(22)23)10-15-6-8-18(9-7-15)24-13-16-4-3-5-17(20)11-16/h3-9,11,14H,10,12-13H2,1-2H3,(H,22,23)/t14-/m1/s1.